The van der Waals surface area contributed by atoms with Crippen molar-refractivity contribution >= 4 is 115 Å². The number of anilines is 2. The fraction of sp³-hybridized carbons (Fsp3) is 0.0256. The molecule has 4 heterocycles. The molecule has 17 rings (SSSR count). The zero-order valence-corrected chi connectivity index (χ0v) is 44.9. The largest absolute Gasteiger partial charge is 0.333 e. The quantitative estimate of drug-likeness (QED) is 0.110. The summed E-state index contributed by atoms with van der Waals surface area (Å²) in [5.41, 5.74) is 19.2. The number of hydrogen-bond donors (Lipinski definition) is 0. The van der Waals surface area contributed by atoms with Crippen molar-refractivity contribution in [3.05, 3.63) is 302 Å². The minimum atomic E-state index is 0.0239. The molecule has 16 aromatic rings. The molecule has 1 aliphatic rings. The topological polar surface area (TPSA) is 18.0 Å². The molecule has 0 radical (unpaired) electrons. The minimum absolute atomic E-state index is 0.0239. The lowest BCUT2D eigenvalue weighted by Gasteiger charge is -2.30. The van der Waals surface area contributed by atoms with E-state index in [-0.39, 0.29) is 6.04 Å². The SMILES string of the molecule is C=C/C=C\c1cc2c(cc1-c1ccccc1C1Cc3ccccc3N1c1ccc(-n3c4ccccc4c4c5c(c6ccccc6c6c5c5ccccc5n6-c5ccccc5)c5ccccc5c43)cc1)c1ccccc1n2-c1ccccc1. The van der Waals surface area contributed by atoms with Gasteiger partial charge in [-0.05, 0) is 135 Å². The Morgan fingerprint density at radius 3 is 1.44 bits per heavy atom. The van der Waals surface area contributed by atoms with Crippen LogP contribution in [0.25, 0.3) is 132 Å². The first kappa shape index (κ1) is 46.3. The fourth-order valence-corrected chi connectivity index (χ4v) is 14.4. The molecule has 0 N–H and O–H groups in total. The van der Waals surface area contributed by atoms with Crippen molar-refractivity contribution in [2.75, 3.05) is 4.90 Å². The summed E-state index contributed by atoms with van der Waals surface area (Å²) in [6, 6.07) is 99.1. The predicted octanol–water partition coefficient (Wildman–Crippen LogP) is 20.7. The molecular weight excluding hydrogens is 993 g/mol. The summed E-state index contributed by atoms with van der Waals surface area (Å²) in [6.07, 6.45) is 7.04. The van der Waals surface area contributed by atoms with Crippen molar-refractivity contribution < 1.29 is 0 Å². The van der Waals surface area contributed by atoms with E-state index in [2.05, 4.69) is 304 Å². The summed E-state index contributed by atoms with van der Waals surface area (Å²) in [5, 5.41) is 15.1. The van der Waals surface area contributed by atoms with Gasteiger partial charge in [0.1, 0.15) is 0 Å². The van der Waals surface area contributed by atoms with Crippen LogP contribution < -0.4 is 4.90 Å². The molecule has 4 nitrogen and oxygen atoms in total. The number of hydrogen-bond acceptors (Lipinski definition) is 1. The van der Waals surface area contributed by atoms with Gasteiger partial charge in [0.25, 0.3) is 0 Å². The lowest BCUT2D eigenvalue weighted by Crippen LogP contribution is -2.20. The maximum Gasteiger partial charge on any atom is 0.0638 e. The Kier molecular flexibility index (Phi) is 10.3. The summed E-state index contributed by atoms with van der Waals surface area (Å²) in [4.78, 5) is 2.59. The van der Waals surface area contributed by atoms with Crippen molar-refractivity contribution in [2.45, 2.75) is 12.5 Å². The molecule has 384 valence electrons. The van der Waals surface area contributed by atoms with Crippen LogP contribution in [0.2, 0.25) is 0 Å². The molecule has 0 fully saturated rings. The highest BCUT2D eigenvalue weighted by Crippen LogP contribution is 2.52. The summed E-state index contributed by atoms with van der Waals surface area (Å²) >= 11 is 0. The Morgan fingerprint density at radius 2 is 0.817 bits per heavy atom. The smallest absolute Gasteiger partial charge is 0.0638 e. The average Bonchev–Trinajstić information content (AvgIpc) is 1.65. The van der Waals surface area contributed by atoms with Crippen molar-refractivity contribution in [2.24, 2.45) is 0 Å². The second-order valence-corrected chi connectivity index (χ2v) is 21.9. The van der Waals surface area contributed by atoms with E-state index in [4.69, 9.17) is 0 Å². The third-order valence-corrected chi connectivity index (χ3v) is 17.7. The number of para-hydroxylation sites is 6. The van der Waals surface area contributed by atoms with E-state index < -0.39 is 0 Å². The standard InChI is InChI=1S/C78H52N4/c1-2-3-24-50-47-72-66(58-32-17-21-40-68(58)80(72)52-26-6-4-7-27-52)49-65(50)56-30-11-12-31-57(56)71-48-51-25-10-20-39-67(51)79(71)54-43-45-55(46-44-54)82-70-42-23-19-38-64(70)75-76-73(60-34-14-16-36-62(60)78(75)82)59-33-13-15-35-61(59)77-74(76)63-37-18-22-41-69(63)81(77)53-28-8-5-9-29-53/h2-47,49,71H,1,48H2/b24-3-. The number of allylic oxidation sites excluding steroid dienone is 2. The molecule has 1 aliphatic heterocycles. The average molecular weight is 1050 g/mol. The first-order chi connectivity index (χ1) is 40.7. The normalized spacial score (nSPS) is 13.7. The monoisotopic (exact) mass is 1040 g/mol. The van der Waals surface area contributed by atoms with Crippen molar-refractivity contribution in [3.8, 4) is 28.2 Å². The molecule has 0 amide bonds. The highest BCUT2D eigenvalue weighted by Gasteiger charge is 2.34. The van der Waals surface area contributed by atoms with Gasteiger partial charge >= 0.3 is 0 Å². The van der Waals surface area contributed by atoms with Gasteiger partial charge in [-0.3, -0.25) is 0 Å². The van der Waals surface area contributed by atoms with Crippen LogP contribution in [0.4, 0.5) is 11.4 Å². The number of fused-ring (bicyclic) bond motifs is 19. The number of nitrogens with zero attached hydrogens (tertiary/aromatic N) is 4. The van der Waals surface area contributed by atoms with E-state index in [1.165, 1.54) is 126 Å². The van der Waals surface area contributed by atoms with Crippen LogP contribution >= 0.6 is 0 Å². The van der Waals surface area contributed by atoms with Crippen LogP contribution in [-0.2, 0) is 6.42 Å². The van der Waals surface area contributed by atoms with Gasteiger partial charge in [-0.1, -0.05) is 207 Å². The van der Waals surface area contributed by atoms with Crippen molar-refractivity contribution in [1.29, 1.82) is 0 Å². The van der Waals surface area contributed by atoms with Crippen LogP contribution in [-0.4, -0.2) is 13.7 Å². The second-order valence-electron chi connectivity index (χ2n) is 21.9. The molecular formula is C78H52N4. The molecule has 0 aliphatic carbocycles. The van der Waals surface area contributed by atoms with E-state index in [1.807, 2.05) is 6.08 Å². The predicted molar refractivity (Wildman–Crippen MR) is 348 cm³/mol. The molecule has 3 aromatic heterocycles. The highest BCUT2D eigenvalue weighted by atomic mass is 15.2. The van der Waals surface area contributed by atoms with E-state index in [1.54, 1.807) is 0 Å². The summed E-state index contributed by atoms with van der Waals surface area (Å²) in [7, 11) is 0. The van der Waals surface area contributed by atoms with Crippen molar-refractivity contribution in [3.63, 3.8) is 0 Å². The molecule has 82 heavy (non-hydrogen) atoms. The van der Waals surface area contributed by atoms with Gasteiger partial charge in [-0.2, -0.15) is 0 Å². The molecule has 0 spiro atoms. The first-order valence-corrected chi connectivity index (χ1v) is 28.5. The Morgan fingerprint density at radius 1 is 0.341 bits per heavy atom. The zero-order valence-electron chi connectivity index (χ0n) is 44.9. The molecule has 1 unspecified atom stereocenters. The Balaban J connectivity index is 0.876. The molecule has 13 aromatic carbocycles. The lowest BCUT2D eigenvalue weighted by atomic mass is 9.89. The van der Waals surface area contributed by atoms with Crippen LogP contribution in [0.1, 0.15) is 22.7 Å². The van der Waals surface area contributed by atoms with Crippen LogP contribution in [0.5, 0.6) is 0 Å². The van der Waals surface area contributed by atoms with Gasteiger partial charge in [-0.15, -0.1) is 0 Å². The summed E-state index contributed by atoms with van der Waals surface area (Å²) in [5.74, 6) is 0. The van der Waals surface area contributed by atoms with Gasteiger partial charge in [0, 0.05) is 76.9 Å². The van der Waals surface area contributed by atoms with Gasteiger partial charge in [-0.25, -0.2) is 0 Å². The Hall–Kier alpha value is -10.7. The van der Waals surface area contributed by atoms with Gasteiger partial charge < -0.3 is 18.6 Å². The van der Waals surface area contributed by atoms with Gasteiger partial charge in [0.05, 0.1) is 39.1 Å². The van der Waals surface area contributed by atoms with Crippen LogP contribution in [0.3, 0.4) is 0 Å². The van der Waals surface area contributed by atoms with E-state index in [0.29, 0.717) is 0 Å². The van der Waals surface area contributed by atoms with Gasteiger partial charge in [0.2, 0.25) is 0 Å². The third kappa shape index (κ3) is 6.67. The number of rotatable bonds is 8. The summed E-state index contributed by atoms with van der Waals surface area (Å²) in [6.45, 7) is 4.10. The lowest BCUT2D eigenvalue weighted by molar-refractivity contribution is 0.745. The van der Waals surface area contributed by atoms with Crippen LogP contribution in [0.15, 0.2) is 286 Å². The molecule has 0 bridgehead atoms. The van der Waals surface area contributed by atoms with Gasteiger partial charge in [0.15, 0.2) is 0 Å². The molecule has 1 atom stereocenters. The maximum atomic E-state index is 4.10. The number of aromatic nitrogens is 3. The maximum absolute atomic E-state index is 4.10. The van der Waals surface area contributed by atoms with E-state index in [9.17, 15) is 0 Å². The van der Waals surface area contributed by atoms with Crippen LogP contribution in [0, 0.1) is 0 Å². The Bertz CT molecular complexity index is 5330. The third-order valence-electron chi connectivity index (χ3n) is 17.7. The summed E-state index contributed by atoms with van der Waals surface area (Å²) < 4.78 is 7.44. The first-order valence-electron chi connectivity index (χ1n) is 28.5. The molecule has 4 heteroatoms. The minimum Gasteiger partial charge on any atom is -0.333 e. The van der Waals surface area contributed by atoms with E-state index in [0.717, 1.165) is 34.7 Å². The fourth-order valence-electron chi connectivity index (χ4n) is 14.4. The highest BCUT2D eigenvalue weighted by molar-refractivity contribution is 6.45. The Labute approximate surface area is 474 Å². The van der Waals surface area contributed by atoms with E-state index >= 15 is 0 Å². The molecule has 0 saturated carbocycles. The molecule has 0 saturated heterocycles. The second kappa shape index (κ2) is 18.2. The van der Waals surface area contributed by atoms with Crippen molar-refractivity contribution in [1.82, 2.24) is 13.7 Å². The number of benzene rings is 13. The zero-order chi connectivity index (χ0) is 54.0.